The summed E-state index contributed by atoms with van der Waals surface area (Å²) in [4.78, 5) is 22.0. The minimum absolute atomic E-state index is 0.106. The number of amides is 1. The van der Waals surface area contributed by atoms with E-state index in [1.165, 1.54) is 0 Å². The second-order valence-corrected chi connectivity index (χ2v) is 4.93. The molecule has 104 valence electrons. The van der Waals surface area contributed by atoms with Gasteiger partial charge in [-0.15, -0.1) is 0 Å². The number of carbonyl (C=O) groups is 2. The number of halogens is 2. The van der Waals surface area contributed by atoms with Gasteiger partial charge in [-0.25, -0.2) is 0 Å². The SMILES string of the molecule is CCOc1c(Br)cc(Cl)cc1NC(=O)CCC(=O)O. The zero-order valence-electron chi connectivity index (χ0n) is 10.2. The summed E-state index contributed by atoms with van der Waals surface area (Å²) in [6.45, 7) is 2.25. The number of carbonyl (C=O) groups excluding carboxylic acids is 1. The van der Waals surface area contributed by atoms with Gasteiger partial charge in [-0.3, -0.25) is 9.59 Å². The maximum atomic E-state index is 11.6. The Kier molecular flexibility index (Phi) is 6.11. The van der Waals surface area contributed by atoms with Crippen LogP contribution in [0.5, 0.6) is 5.75 Å². The Balaban J connectivity index is 2.86. The first-order valence-corrected chi connectivity index (χ1v) is 6.74. The molecule has 0 saturated heterocycles. The predicted molar refractivity (Wildman–Crippen MR) is 75.8 cm³/mol. The van der Waals surface area contributed by atoms with E-state index in [4.69, 9.17) is 21.4 Å². The second-order valence-electron chi connectivity index (χ2n) is 3.64. The van der Waals surface area contributed by atoms with E-state index in [0.29, 0.717) is 27.5 Å². The van der Waals surface area contributed by atoms with Gasteiger partial charge in [0.05, 0.1) is 23.2 Å². The number of nitrogens with one attached hydrogen (secondary N) is 1. The average molecular weight is 351 g/mol. The minimum Gasteiger partial charge on any atom is -0.491 e. The molecular weight excluding hydrogens is 337 g/mol. The zero-order chi connectivity index (χ0) is 14.4. The van der Waals surface area contributed by atoms with E-state index in [1.54, 1.807) is 12.1 Å². The molecule has 0 radical (unpaired) electrons. The van der Waals surface area contributed by atoms with Crippen LogP contribution >= 0.6 is 27.5 Å². The van der Waals surface area contributed by atoms with E-state index >= 15 is 0 Å². The van der Waals surface area contributed by atoms with E-state index in [1.807, 2.05) is 6.92 Å². The molecule has 0 bridgehead atoms. The van der Waals surface area contributed by atoms with Gasteiger partial charge < -0.3 is 15.2 Å². The van der Waals surface area contributed by atoms with Gasteiger partial charge in [0, 0.05) is 11.4 Å². The molecule has 0 fully saturated rings. The lowest BCUT2D eigenvalue weighted by atomic mass is 10.2. The summed E-state index contributed by atoms with van der Waals surface area (Å²) in [6.07, 6.45) is -0.331. The highest BCUT2D eigenvalue weighted by molar-refractivity contribution is 9.10. The van der Waals surface area contributed by atoms with Gasteiger partial charge >= 0.3 is 5.97 Å². The molecule has 7 heteroatoms. The quantitative estimate of drug-likeness (QED) is 0.825. The van der Waals surface area contributed by atoms with E-state index in [9.17, 15) is 9.59 Å². The van der Waals surface area contributed by atoms with Crippen LogP contribution in [0.2, 0.25) is 5.02 Å². The van der Waals surface area contributed by atoms with Crippen molar-refractivity contribution in [1.82, 2.24) is 0 Å². The fourth-order valence-corrected chi connectivity index (χ4v) is 2.30. The zero-order valence-corrected chi connectivity index (χ0v) is 12.5. The van der Waals surface area contributed by atoms with Crippen molar-refractivity contribution in [1.29, 1.82) is 0 Å². The summed E-state index contributed by atoms with van der Waals surface area (Å²) in [5.41, 5.74) is 0.414. The van der Waals surface area contributed by atoms with E-state index in [-0.39, 0.29) is 12.8 Å². The average Bonchev–Trinajstić information content (AvgIpc) is 2.31. The molecular formula is C12H13BrClNO4. The first-order valence-electron chi connectivity index (χ1n) is 5.57. The molecule has 0 heterocycles. The molecule has 1 rings (SSSR count). The number of hydrogen-bond donors (Lipinski definition) is 2. The Labute approximate surface area is 124 Å². The topological polar surface area (TPSA) is 75.6 Å². The molecule has 0 aliphatic heterocycles. The van der Waals surface area contributed by atoms with Crippen molar-refractivity contribution >= 4 is 45.1 Å². The van der Waals surface area contributed by atoms with Gasteiger partial charge in [0.25, 0.3) is 0 Å². The third-order valence-corrected chi connectivity index (χ3v) is 2.94. The fraction of sp³-hybridized carbons (Fsp3) is 0.333. The van der Waals surface area contributed by atoms with Crippen molar-refractivity contribution in [3.05, 3.63) is 21.6 Å². The number of carboxylic acid groups (broad SMARTS) is 1. The van der Waals surface area contributed by atoms with Crippen LogP contribution in [0.3, 0.4) is 0 Å². The summed E-state index contributed by atoms with van der Waals surface area (Å²) >= 11 is 9.20. The van der Waals surface area contributed by atoms with Crippen LogP contribution in [-0.4, -0.2) is 23.6 Å². The highest BCUT2D eigenvalue weighted by atomic mass is 79.9. The summed E-state index contributed by atoms with van der Waals surface area (Å²) < 4.78 is 6.03. The molecule has 0 aliphatic rings. The summed E-state index contributed by atoms with van der Waals surface area (Å²) in [5.74, 6) is -0.958. The molecule has 0 unspecified atom stereocenters. The normalized spacial score (nSPS) is 10.1. The number of hydrogen-bond acceptors (Lipinski definition) is 3. The van der Waals surface area contributed by atoms with Crippen LogP contribution in [0.4, 0.5) is 5.69 Å². The van der Waals surface area contributed by atoms with Gasteiger partial charge in [0.15, 0.2) is 5.75 Å². The van der Waals surface area contributed by atoms with Crippen LogP contribution in [0.25, 0.3) is 0 Å². The summed E-state index contributed by atoms with van der Waals surface area (Å²) in [7, 11) is 0. The van der Waals surface area contributed by atoms with Gasteiger partial charge in [0.2, 0.25) is 5.91 Å². The minimum atomic E-state index is -1.02. The molecule has 0 aliphatic carbocycles. The van der Waals surface area contributed by atoms with Gasteiger partial charge in [-0.2, -0.15) is 0 Å². The van der Waals surface area contributed by atoms with Crippen molar-refractivity contribution in [2.45, 2.75) is 19.8 Å². The van der Waals surface area contributed by atoms with Gasteiger partial charge in [-0.05, 0) is 35.0 Å². The summed E-state index contributed by atoms with van der Waals surface area (Å²) in [6, 6.07) is 3.20. The Hall–Kier alpha value is -1.27. The molecule has 5 nitrogen and oxygen atoms in total. The first-order chi connectivity index (χ1) is 8.93. The van der Waals surface area contributed by atoms with Crippen LogP contribution in [0, 0.1) is 0 Å². The Morgan fingerprint density at radius 2 is 2.11 bits per heavy atom. The van der Waals surface area contributed by atoms with Crippen molar-refractivity contribution in [2.75, 3.05) is 11.9 Å². The number of carboxylic acids is 1. The highest BCUT2D eigenvalue weighted by Crippen LogP contribution is 2.36. The lowest BCUT2D eigenvalue weighted by Gasteiger charge is -2.13. The third-order valence-electron chi connectivity index (χ3n) is 2.14. The molecule has 0 saturated carbocycles. The lowest BCUT2D eigenvalue weighted by Crippen LogP contribution is -2.14. The maximum absolute atomic E-state index is 11.6. The number of anilines is 1. The molecule has 1 aromatic rings. The third kappa shape index (κ3) is 5.08. The Bertz CT molecular complexity index is 493. The van der Waals surface area contributed by atoms with Gasteiger partial charge in [-0.1, -0.05) is 11.6 Å². The molecule has 19 heavy (non-hydrogen) atoms. The smallest absolute Gasteiger partial charge is 0.303 e. The van der Waals surface area contributed by atoms with E-state index < -0.39 is 11.9 Å². The van der Waals surface area contributed by atoms with Crippen LogP contribution in [0.1, 0.15) is 19.8 Å². The highest BCUT2D eigenvalue weighted by Gasteiger charge is 2.13. The second kappa shape index (κ2) is 7.35. The van der Waals surface area contributed by atoms with Crippen molar-refractivity contribution in [3.63, 3.8) is 0 Å². The number of ether oxygens (including phenoxy) is 1. The molecule has 0 aromatic heterocycles. The van der Waals surface area contributed by atoms with Crippen LogP contribution < -0.4 is 10.1 Å². The van der Waals surface area contributed by atoms with E-state index in [0.717, 1.165) is 0 Å². The molecule has 1 aromatic carbocycles. The van der Waals surface area contributed by atoms with Crippen LogP contribution in [-0.2, 0) is 9.59 Å². The Morgan fingerprint density at radius 3 is 2.68 bits per heavy atom. The largest absolute Gasteiger partial charge is 0.491 e. The van der Waals surface area contributed by atoms with Crippen molar-refractivity contribution in [2.24, 2.45) is 0 Å². The standard InChI is InChI=1S/C12H13BrClNO4/c1-2-19-12-8(13)5-7(14)6-9(12)15-10(16)3-4-11(17)18/h5-6H,2-4H2,1H3,(H,15,16)(H,17,18). The predicted octanol–water partition coefficient (Wildman–Crippen LogP) is 3.30. The van der Waals surface area contributed by atoms with Crippen molar-refractivity contribution in [3.8, 4) is 5.75 Å². The number of benzene rings is 1. The van der Waals surface area contributed by atoms with Gasteiger partial charge in [0.1, 0.15) is 0 Å². The molecule has 1 amide bonds. The number of rotatable bonds is 6. The molecule has 2 N–H and O–H groups in total. The summed E-state index contributed by atoms with van der Waals surface area (Å²) in [5, 5.41) is 11.5. The monoisotopic (exact) mass is 349 g/mol. The van der Waals surface area contributed by atoms with E-state index in [2.05, 4.69) is 21.2 Å². The van der Waals surface area contributed by atoms with Crippen molar-refractivity contribution < 1.29 is 19.4 Å². The lowest BCUT2D eigenvalue weighted by molar-refractivity contribution is -0.138. The first kappa shape index (κ1) is 15.8. The Morgan fingerprint density at radius 1 is 1.42 bits per heavy atom. The maximum Gasteiger partial charge on any atom is 0.303 e. The fourth-order valence-electron chi connectivity index (χ4n) is 1.38. The van der Waals surface area contributed by atoms with Crippen LogP contribution in [0.15, 0.2) is 16.6 Å². The number of aliphatic carboxylic acids is 1. The molecule has 0 spiro atoms. The molecule has 0 atom stereocenters.